The highest BCUT2D eigenvalue weighted by atomic mass is 32.2. The number of aryl methyl sites for hydroxylation is 1. The lowest BCUT2D eigenvalue weighted by Gasteiger charge is -2.22. The molecule has 144 valence electrons. The third-order valence-electron chi connectivity index (χ3n) is 5.74. The Morgan fingerprint density at radius 2 is 1.96 bits per heavy atom. The Labute approximate surface area is 157 Å². The predicted octanol–water partition coefficient (Wildman–Crippen LogP) is 3.03. The molecule has 0 aromatic heterocycles. The monoisotopic (exact) mass is 377 g/mol. The first-order valence-corrected chi connectivity index (χ1v) is 11.5. The second-order valence-electron chi connectivity index (χ2n) is 7.85. The smallest absolute Gasteiger partial charge is 0.191 e. The molecule has 0 spiro atoms. The van der Waals surface area contributed by atoms with E-state index in [-0.39, 0.29) is 0 Å². The minimum Gasteiger partial charge on any atom is -0.353 e. The normalized spacial score (nSPS) is 24.3. The van der Waals surface area contributed by atoms with Crippen LogP contribution in [0, 0.1) is 18.8 Å². The van der Waals surface area contributed by atoms with E-state index in [0.717, 1.165) is 28.9 Å². The van der Waals surface area contributed by atoms with E-state index >= 15 is 0 Å². The summed E-state index contributed by atoms with van der Waals surface area (Å²) in [5, 5.41) is 6.91. The Kier molecular flexibility index (Phi) is 5.90. The van der Waals surface area contributed by atoms with Crippen molar-refractivity contribution in [2.24, 2.45) is 16.8 Å². The molecule has 1 aromatic rings. The van der Waals surface area contributed by atoms with Crippen LogP contribution in [0.5, 0.6) is 0 Å². The average molecular weight is 378 g/mol. The lowest BCUT2D eigenvalue weighted by molar-refractivity contribution is 0.315. The molecular weight excluding hydrogens is 346 g/mol. The minimum atomic E-state index is -3.17. The fraction of sp³-hybridized carbons (Fsp3) is 0.650. The van der Waals surface area contributed by atoms with Gasteiger partial charge in [0.15, 0.2) is 15.8 Å². The van der Waals surface area contributed by atoms with Crippen LogP contribution in [0.1, 0.15) is 49.7 Å². The average Bonchev–Trinajstić information content (AvgIpc) is 3.37. The number of guanidine groups is 1. The molecule has 0 aliphatic heterocycles. The fourth-order valence-electron chi connectivity index (χ4n) is 4.26. The van der Waals surface area contributed by atoms with E-state index in [1.165, 1.54) is 44.8 Å². The molecule has 2 unspecified atom stereocenters. The van der Waals surface area contributed by atoms with E-state index in [2.05, 4.69) is 15.6 Å². The molecule has 2 N–H and O–H groups in total. The van der Waals surface area contributed by atoms with Crippen molar-refractivity contribution in [2.45, 2.75) is 62.9 Å². The maximum atomic E-state index is 11.7. The number of benzene rings is 1. The van der Waals surface area contributed by atoms with Gasteiger partial charge in [-0.25, -0.2) is 8.42 Å². The first-order valence-electron chi connectivity index (χ1n) is 9.65. The molecule has 2 fully saturated rings. The van der Waals surface area contributed by atoms with Crippen molar-refractivity contribution < 1.29 is 8.42 Å². The van der Waals surface area contributed by atoms with Gasteiger partial charge >= 0.3 is 0 Å². The zero-order valence-electron chi connectivity index (χ0n) is 16.1. The molecule has 3 rings (SSSR count). The van der Waals surface area contributed by atoms with Gasteiger partial charge in [0.25, 0.3) is 0 Å². The molecule has 2 aliphatic carbocycles. The number of hydrogen-bond acceptors (Lipinski definition) is 3. The van der Waals surface area contributed by atoms with E-state index in [0.29, 0.717) is 17.5 Å². The molecule has 2 atom stereocenters. The SMILES string of the molecule is CN=C(NCc1ccc(S(C)(=O)=O)c(C)c1)NC1CC1C1CCCCC1. The van der Waals surface area contributed by atoms with Gasteiger partial charge in [0, 0.05) is 25.9 Å². The van der Waals surface area contributed by atoms with Crippen molar-refractivity contribution in [1.82, 2.24) is 10.6 Å². The standard InChI is InChI=1S/C20H31N3O2S/c1-14-11-15(9-10-19(14)26(3,24)25)13-22-20(21-2)23-18-12-17(18)16-7-5-4-6-8-16/h9-11,16-18H,4-8,12-13H2,1-3H3,(H2,21,22,23). The van der Waals surface area contributed by atoms with Gasteiger partial charge in [-0.15, -0.1) is 0 Å². The van der Waals surface area contributed by atoms with Crippen LogP contribution in [-0.2, 0) is 16.4 Å². The Hall–Kier alpha value is -1.56. The van der Waals surface area contributed by atoms with Crippen LogP contribution in [0.25, 0.3) is 0 Å². The molecule has 0 saturated heterocycles. The summed E-state index contributed by atoms with van der Waals surface area (Å²) >= 11 is 0. The van der Waals surface area contributed by atoms with E-state index in [4.69, 9.17) is 0 Å². The maximum absolute atomic E-state index is 11.7. The minimum absolute atomic E-state index is 0.400. The predicted molar refractivity (Wildman–Crippen MR) is 106 cm³/mol. The number of rotatable bonds is 5. The molecule has 0 heterocycles. The molecule has 0 amide bonds. The lowest BCUT2D eigenvalue weighted by atomic mass is 9.85. The van der Waals surface area contributed by atoms with Crippen molar-refractivity contribution in [3.8, 4) is 0 Å². The highest BCUT2D eigenvalue weighted by Crippen LogP contribution is 2.44. The van der Waals surface area contributed by atoms with E-state index < -0.39 is 9.84 Å². The van der Waals surface area contributed by atoms with Crippen molar-refractivity contribution >= 4 is 15.8 Å². The van der Waals surface area contributed by atoms with Crippen molar-refractivity contribution in [3.05, 3.63) is 29.3 Å². The van der Waals surface area contributed by atoms with Crippen LogP contribution in [0.15, 0.2) is 28.1 Å². The van der Waals surface area contributed by atoms with E-state index in [9.17, 15) is 8.42 Å². The second kappa shape index (κ2) is 7.99. The number of nitrogens with one attached hydrogen (secondary N) is 2. The molecule has 0 bridgehead atoms. The largest absolute Gasteiger partial charge is 0.353 e. The number of aliphatic imine (C=N–C) groups is 1. The summed E-state index contributed by atoms with van der Waals surface area (Å²) in [5.41, 5.74) is 1.84. The lowest BCUT2D eigenvalue weighted by Crippen LogP contribution is -2.39. The van der Waals surface area contributed by atoms with Gasteiger partial charge in [0.1, 0.15) is 0 Å². The Morgan fingerprint density at radius 3 is 2.58 bits per heavy atom. The topological polar surface area (TPSA) is 70.6 Å². The van der Waals surface area contributed by atoms with Crippen LogP contribution in [-0.4, -0.2) is 33.7 Å². The summed E-state index contributed by atoms with van der Waals surface area (Å²) in [4.78, 5) is 4.74. The maximum Gasteiger partial charge on any atom is 0.191 e. The van der Waals surface area contributed by atoms with Gasteiger partial charge < -0.3 is 10.6 Å². The van der Waals surface area contributed by atoms with Crippen molar-refractivity contribution in [2.75, 3.05) is 13.3 Å². The molecule has 2 aliphatic rings. The summed E-state index contributed by atoms with van der Waals surface area (Å²) in [6.45, 7) is 2.47. The highest BCUT2D eigenvalue weighted by Gasteiger charge is 2.43. The summed E-state index contributed by atoms with van der Waals surface area (Å²) in [5.74, 6) is 2.54. The molecule has 5 nitrogen and oxygen atoms in total. The zero-order valence-corrected chi connectivity index (χ0v) is 16.9. The summed E-state index contributed by atoms with van der Waals surface area (Å²) < 4.78 is 23.4. The Balaban J connectivity index is 1.51. The van der Waals surface area contributed by atoms with Gasteiger partial charge in [-0.1, -0.05) is 44.2 Å². The first-order chi connectivity index (χ1) is 12.4. The summed E-state index contributed by atoms with van der Waals surface area (Å²) in [6.07, 6.45) is 9.47. The van der Waals surface area contributed by atoms with Crippen LogP contribution in [0.4, 0.5) is 0 Å². The third kappa shape index (κ3) is 4.78. The molecular formula is C20H31N3O2S. The number of hydrogen-bond donors (Lipinski definition) is 2. The van der Waals surface area contributed by atoms with Gasteiger partial charge in [0.2, 0.25) is 0 Å². The Bertz CT molecular complexity index is 767. The van der Waals surface area contributed by atoms with Crippen LogP contribution >= 0.6 is 0 Å². The number of sulfone groups is 1. The zero-order chi connectivity index (χ0) is 18.7. The second-order valence-corrected chi connectivity index (χ2v) is 9.83. The van der Waals surface area contributed by atoms with Gasteiger partial charge in [-0.3, -0.25) is 4.99 Å². The van der Waals surface area contributed by atoms with Crippen LogP contribution < -0.4 is 10.6 Å². The van der Waals surface area contributed by atoms with E-state index in [1.54, 1.807) is 13.1 Å². The first kappa shape index (κ1) is 19.2. The van der Waals surface area contributed by atoms with Gasteiger partial charge in [-0.2, -0.15) is 0 Å². The Morgan fingerprint density at radius 1 is 1.23 bits per heavy atom. The van der Waals surface area contributed by atoms with Crippen LogP contribution in [0.2, 0.25) is 0 Å². The van der Waals surface area contributed by atoms with Gasteiger partial charge in [-0.05, 0) is 42.4 Å². The quantitative estimate of drug-likeness (QED) is 0.611. The molecule has 1 aromatic carbocycles. The van der Waals surface area contributed by atoms with Crippen molar-refractivity contribution in [3.63, 3.8) is 0 Å². The number of nitrogens with zero attached hydrogens (tertiary/aromatic N) is 1. The highest BCUT2D eigenvalue weighted by molar-refractivity contribution is 7.90. The molecule has 26 heavy (non-hydrogen) atoms. The molecule has 2 saturated carbocycles. The van der Waals surface area contributed by atoms with Crippen molar-refractivity contribution in [1.29, 1.82) is 0 Å². The molecule has 6 heteroatoms. The van der Waals surface area contributed by atoms with Crippen LogP contribution in [0.3, 0.4) is 0 Å². The fourth-order valence-corrected chi connectivity index (χ4v) is 5.22. The van der Waals surface area contributed by atoms with E-state index in [1.807, 2.05) is 19.1 Å². The third-order valence-corrected chi connectivity index (χ3v) is 7.00. The summed E-state index contributed by atoms with van der Waals surface area (Å²) in [6, 6.07) is 6.04. The molecule has 0 radical (unpaired) electrons. The van der Waals surface area contributed by atoms with Gasteiger partial charge in [0.05, 0.1) is 4.90 Å². The summed E-state index contributed by atoms with van der Waals surface area (Å²) in [7, 11) is -1.37.